The predicted octanol–water partition coefficient (Wildman–Crippen LogP) is 4.28. The molecule has 4 rings (SSSR count). The second-order valence-corrected chi connectivity index (χ2v) is 9.04. The van der Waals surface area contributed by atoms with E-state index in [0.717, 1.165) is 32.0 Å². The van der Waals surface area contributed by atoms with Crippen molar-refractivity contribution in [1.82, 2.24) is 20.4 Å². The lowest BCUT2D eigenvalue weighted by atomic mass is 10.1. The van der Waals surface area contributed by atoms with Gasteiger partial charge in [-0.3, -0.25) is 9.69 Å². The van der Waals surface area contributed by atoms with Gasteiger partial charge in [-0.1, -0.05) is 48.5 Å². The summed E-state index contributed by atoms with van der Waals surface area (Å²) in [4.78, 5) is 21.3. The van der Waals surface area contributed by atoms with Crippen molar-refractivity contribution < 1.29 is 4.79 Å². The molecule has 1 amide bonds. The summed E-state index contributed by atoms with van der Waals surface area (Å²) in [6.07, 6.45) is 4.30. The molecule has 7 heteroatoms. The van der Waals surface area contributed by atoms with Crippen molar-refractivity contribution in [2.45, 2.75) is 58.8 Å². The zero-order valence-electron chi connectivity index (χ0n) is 20.3. The maximum Gasteiger partial charge on any atom is 0.222 e. The largest absolute Gasteiger partial charge is 0.357 e. The molecule has 184 valence electrons. The van der Waals surface area contributed by atoms with Crippen LogP contribution in [-0.4, -0.2) is 47.8 Å². The first-order valence-electron chi connectivity index (χ1n) is 12.4. The van der Waals surface area contributed by atoms with E-state index in [1.807, 2.05) is 11.0 Å². The second kappa shape index (κ2) is 13.7. The van der Waals surface area contributed by atoms with E-state index in [2.05, 4.69) is 64.9 Å². The zero-order chi connectivity index (χ0) is 22.9. The maximum atomic E-state index is 12.0. The molecule has 34 heavy (non-hydrogen) atoms. The Bertz CT molecular complexity index is 940. The van der Waals surface area contributed by atoms with E-state index in [-0.39, 0.29) is 29.9 Å². The first kappa shape index (κ1) is 26.5. The molecule has 0 atom stereocenters. The normalized spacial score (nSPS) is 16.6. The molecule has 0 radical (unpaired) electrons. The summed E-state index contributed by atoms with van der Waals surface area (Å²) in [6, 6.07) is 17.2. The van der Waals surface area contributed by atoms with Gasteiger partial charge in [0.2, 0.25) is 5.91 Å². The van der Waals surface area contributed by atoms with E-state index in [9.17, 15) is 4.79 Å². The number of halogens is 1. The Kier molecular flexibility index (Phi) is 10.7. The molecule has 0 aromatic heterocycles. The van der Waals surface area contributed by atoms with Gasteiger partial charge < -0.3 is 15.5 Å². The lowest BCUT2D eigenvalue weighted by molar-refractivity contribution is -0.128. The van der Waals surface area contributed by atoms with Crippen LogP contribution in [0.15, 0.2) is 53.5 Å². The van der Waals surface area contributed by atoms with Gasteiger partial charge in [0.25, 0.3) is 0 Å². The van der Waals surface area contributed by atoms with Gasteiger partial charge in [-0.05, 0) is 61.5 Å². The average Bonchev–Trinajstić information content (AvgIpc) is 3.49. The predicted molar refractivity (Wildman–Crippen MR) is 149 cm³/mol. The van der Waals surface area contributed by atoms with Crippen LogP contribution in [0.5, 0.6) is 0 Å². The van der Waals surface area contributed by atoms with E-state index in [4.69, 9.17) is 4.99 Å². The highest BCUT2D eigenvalue weighted by atomic mass is 127. The Hall–Kier alpha value is -2.13. The highest BCUT2D eigenvalue weighted by Crippen LogP contribution is 2.17. The minimum absolute atomic E-state index is 0. The number of benzene rings is 2. The van der Waals surface area contributed by atoms with Gasteiger partial charge in [-0.2, -0.15) is 0 Å². The Morgan fingerprint density at radius 2 is 1.59 bits per heavy atom. The summed E-state index contributed by atoms with van der Waals surface area (Å²) in [7, 11) is 0. The molecule has 2 saturated heterocycles. The molecular weight excluding hydrogens is 537 g/mol. The molecule has 2 aliphatic heterocycles. The van der Waals surface area contributed by atoms with Crippen molar-refractivity contribution in [1.29, 1.82) is 0 Å². The van der Waals surface area contributed by atoms with E-state index < -0.39 is 0 Å². The number of aliphatic imine (C=N–C) groups is 1. The molecule has 0 aliphatic carbocycles. The lowest BCUT2D eigenvalue weighted by Gasteiger charge is -2.19. The van der Waals surface area contributed by atoms with Gasteiger partial charge in [-0.15, -0.1) is 24.0 Å². The van der Waals surface area contributed by atoms with Gasteiger partial charge in [0.15, 0.2) is 5.96 Å². The molecule has 2 heterocycles. The third kappa shape index (κ3) is 7.70. The molecule has 6 nitrogen and oxygen atoms in total. The number of likely N-dealkylation sites (tertiary alicyclic amines) is 2. The third-order valence-corrected chi connectivity index (χ3v) is 6.49. The Morgan fingerprint density at radius 3 is 2.26 bits per heavy atom. The molecule has 0 unspecified atom stereocenters. The van der Waals surface area contributed by atoms with Gasteiger partial charge in [-0.25, -0.2) is 4.99 Å². The molecular formula is C27H38IN5O. The van der Waals surface area contributed by atoms with Crippen LogP contribution in [0.25, 0.3) is 0 Å². The highest BCUT2D eigenvalue weighted by molar-refractivity contribution is 14.0. The lowest BCUT2D eigenvalue weighted by Crippen LogP contribution is -2.37. The number of nitrogens with one attached hydrogen (secondary N) is 2. The monoisotopic (exact) mass is 575 g/mol. The Balaban J connectivity index is 0.00000324. The summed E-state index contributed by atoms with van der Waals surface area (Å²) in [5, 5.41) is 6.82. The van der Waals surface area contributed by atoms with E-state index >= 15 is 0 Å². The number of amides is 1. The maximum absolute atomic E-state index is 12.0. The molecule has 0 bridgehead atoms. The van der Waals surface area contributed by atoms with Crippen LogP contribution in [0.4, 0.5) is 0 Å². The number of hydrogen-bond donors (Lipinski definition) is 2. The molecule has 2 fully saturated rings. The number of carbonyl (C=O) groups is 1. The van der Waals surface area contributed by atoms with Crippen molar-refractivity contribution in [2.75, 3.05) is 26.2 Å². The van der Waals surface area contributed by atoms with E-state index in [1.165, 1.54) is 48.2 Å². The van der Waals surface area contributed by atoms with Gasteiger partial charge in [0, 0.05) is 39.1 Å². The summed E-state index contributed by atoms with van der Waals surface area (Å²) >= 11 is 0. The van der Waals surface area contributed by atoms with Crippen molar-refractivity contribution >= 4 is 35.8 Å². The van der Waals surface area contributed by atoms with Crippen LogP contribution in [0.2, 0.25) is 0 Å². The fourth-order valence-electron chi connectivity index (χ4n) is 4.60. The van der Waals surface area contributed by atoms with Gasteiger partial charge in [0.05, 0.1) is 6.54 Å². The molecule has 2 N–H and O–H groups in total. The Labute approximate surface area is 221 Å². The highest BCUT2D eigenvalue weighted by Gasteiger charge is 2.20. The summed E-state index contributed by atoms with van der Waals surface area (Å²) in [5.74, 6) is 1.07. The number of rotatable bonds is 9. The quantitative estimate of drug-likeness (QED) is 0.267. The minimum Gasteiger partial charge on any atom is -0.357 e. The summed E-state index contributed by atoms with van der Waals surface area (Å²) in [6.45, 7) is 9.26. The number of hydrogen-bond acceptors (Lipinski definition) is 3. The van der Waals surface area contributed by atoms with Crippen molar-refractivity contribution in [3.63, 3.8) is 0 Å². The summed E-state index contributed by atoms with van der Waals surface area (Å²) < 4.78 is 0. The molecule has 2 aliphatic rings. The van der Waals surface area contributed by atoms with E-state index in [1.54, 1.807) is 0 Å². The first-order valence-corrected chi connectivity index (χ1v) is 12.4. The Morgan fingerprint density at radius 1 is 0.882 bits per heavy atom. The molecule has 0 saturated carbocycles. The number of guanidine groups is 1. The van der Waals surface area contributed by atoms with Crippen LogP contribution in [0.1, 0.15) is 54.9 Å². The number of nitrogens with zero attached hydrogens (tertiary/aromatic N) is 3. The van der Waals surface area contributed by atoms with Gasteiger partial charge in [0.1, 0.15) is 0 Å². The van der Waals surface area contributed by atoms with Crippen molar-refractivity contribution in [3.8, 4) is 0 Å². The van der Waals surface area contributed by atoms with Crippen LogP contribution in [0, 0.1) is 0 Å². The second-order valence-electron chi connectivity index (χ2n) is 9.04. The fraction of sp³-hybridized carbons (Fsp3) is 0.481. The van der Waals surface area contributed by atoms with Crippen molar-refractivity contribution in [3.05, 3.63) is 70.8 Å². The zero-order valence-corrected chi connectivity index (χ0v) is 22.6. The summed E-state index contributed by atoms with van der Waals surface area (Å²) in [5.41, 5.74) is 4.99. The standard InChI is InChI=1S/C27H37N5O.HI/c1-2-28-27(29-18-22-11-13-23(14-12-22)20-31-15-5-6-16-31)30-19-24-8-3-4-9-25(24)21-32-17-7-10-26(32)33;/h3-4,8-9,11-14H,2,5-7,10,15-21H2,1H3,(H2,28,29,30);1H. The van der Waals surface area contributed by atoms with Crippen LogP contribution in [-0.2, 0) is 31.0 Å². The first-order chi connectivity index (χ1) is 16.2. The molecule has 2 aromatic carbocycles. The average molecular weight is 576 g/mol. The third-order valence-electron chi connectivity index (χ3n) is 6.49. The minimum atomic E-state index is 0. The van der Waals surface area contributed by atoms with Crippen LogP contribution < -0.4 is 10.6 Å². The topological polar surface area (TPSA) is 60.0 Å². The SMILES string of the molecule is CCNC(=NCc1ccc(CN2CCCC2)cc1)NCc1ccccc1CN1CCCC1=O.I. The van der Waals surface area contributed by atoms with Crippen LogP contribution >= 0.6 is 24.0 Å². The van der Waals surface area contributed by atoms with E-state index in [0.29, 0.717) is 26.1 Å². The number of carbonyl (C=O) groups excluding carboxylic acids is 1. The smallest absolute Gasteiger partial charge is 0.222 e. The molecule has 0 spiro atoms. The molecule has 2 aromatic rings. The van der Waals surface area contributed by atoms with Crippen LogP contribution in [0.3, 0.4) is 0 Å². The van der Waals surface area contributed by atoms with Gasteiger partial charge >= 0.3 is 0 Å². The van der Waals surface area contributed by atoms with Crippen molar-refractivity contribution in [2.24, 2.45) is 4.99 Å². The fourth-order valence-corrected chi connectivity index (χ4v) is 4.60.